The molecule has 0 aromatic carbocycles. The third kappa shape index (κ3) is 4.26. The first-order valence-corrected chi connectivity index (χ1v) is 9.57. The van der Waals surface area contributed by atoms with Crippen LogP contribution in [0, 0.1) is 0 Å². The van der Waals surface area contributed by atoms with Gasteiger partial charge in [-0.05, 0) is 20.8 Å². The van der Waals surface area contributed by atoms with Crippen molar-refractivity contribution in [1.82, 2.24) is 14.9 Å². The molecule has 1 aromatic rings. The fraction of sp³-hybridized carbons (Fsp3) is 0.600. The summed E-state index contributed by atoms with van der Waals surface area (Å²) in [7, 11) is 0. The van der Waals surface area contributed by atoms with E-state index >= 15 is 0 Å². The SMILES string of the molecule is C=C[C@@H]1CC(OC(C)=O)c2ncnc(N3CCN(C(=O)OC(C)(C)C)CC3)c21. The van der Waals surface area contributed by atoms with Crippen molar-refractivity contribution in [2.45, 2.75) is 51.7 Å². The highest BCUT2D eigenvalue weighted by Gasteiger charge is 2.37. The molecule has 0 N–H and O–H groups in total. The lowest BCUT2D eigenvalue weighted by Crippen LogP contribution is -2.50. The predicted octanol–water partition coefficient (Wildman–Crippen LogP) is 2.81. The van der Waals surface area contributed by atoms with Gasteiger partial charge in [-0.2, -0.15) is 0 Å². The monoisotopic (exact) mass is 388 g/mol. The first-order chi connectivity index (χ1) is 13.2. The predicted molar refractivity (Wildman–Crippen MR) is 104 cm³/mol. The molecule has 1 saturated heterocycles. The van der Waals surface area contributed by atoms with E-state index in [2.05, 4.69) is 21.4 Å². The fourth-order valence-corrected chi connectivity index (χ4v) is 3.67. The van der Waals surface area contributed by atoms with Gasteiger partial charge >= 0.3 is 12.1 Å². The van der Waals surface area contributed by atoms with E-state index in [0.29, 0.717) is 32.6 Å². The van der Waals surface area contributed by atoms with E-state index in [0.717, 1.165) is 17.1 Å². The number of fused-ring (bicyclic) bond motifs is 1. The number of nitrogens with zero attached hydrogens (tertiary/aromatic N) is 4. The normalized spacial score (nSPS) is 21.9. The van der Waals surface area contributed by atoms with Crippen molar-refractivity contribution in [2.24, 2.45) is 0 Å². The van der Waals surface area contributed by atoms with Crippen LogP contribution in [0.5, 0.6) is 0 Å². The summed E-state index contributed by atoms with van der Waals surface area (Å²) < 4.78 is 10.9. The zero-order chi connectivity index (χ0) is 20.5. The van der Waals surface area contributed by atoms with Crippen LogP contribution in [0.3, 0.4) is 0 Å². The van der Waals surface area contributed by atoms with E-state index in [1.807, 2.05) is 26.8 Å². The lowest BCUT2D eigenvalue weighted by atomic mass is 10.0. The summed E-state index contributed by atoms with van der Waals surface area (Å²) in [5.41, 5.74) is 1.21. The molecule has 1 aromatic heterocycles. The Balaban J connectivity index is 1.76. The van der Waals surface area contributed by atoms with Crippen molar-refractivity contribution in [2.75, 3.05) is 31.1 Å². The maximum Gasteiger partial charge on any atom is 0.410 e. The molecule has 8 heteroatoms. The summed E-state index contributed by atoms with van der Waals surface area (Å²) in [5, 5.41) is 0. The van der Waals surface area contributed by atoms with Gasteiger partial charge < -0.3 is 19.3 Å². The van der Waals surface area contributed by atoms with Gasteiger partial charge in [-0.25, -0.2) is 14.8 Å². The Morgan fingerprint density at radius 3 is 2.46 bits per heavy atom. The average molecular weight is 388 g/mol. The molecule has 0 bridgehead atoms. The zero-order valence-corrected chi connectivity index (χ0v) is 17.0. The number of carbonyl (C=O) groups excluding carboxylic acids is 2. The van der Waals surface area contributed by atoms with Gasteiger partial charge in [0.15, 0.2) is 0 Å². The largest absolute Gasteiger partial charge is 0.456 e. The molecule has 152 valence electrons. The lowest BCUT2D eigenvalue weighted by molar-refractivity contribution is -0.146. The second-order valence-corrected chi connectivity index (χ2v) is 8.13. The molecule has 0 spiro atoms. The smallest absolute Gasteiger partial charge is 0.410 e. The molecule has 2 aliphatic rings. The number of anilines is 1. The van der Waals surface area contributed by atoms with E-state index in [1.165, 1.54) is 13.3 Å². The van der Waals surface area contributed by atoms with Crippen LogP contribution >= 0.6 is 0 Å². The van der Waals surface area contributed by atoms with Gasteiger partial charge in [-0.3, -0.25) is 4.79 Å². The minimum absolute atomic E-state index is 0.0273. The number of allylic oxidation sites excluding steroid dienone is 1. The number of amides is 1. The standard InChI is InChI=1S/C20H28N4O4/c1-6-14-11-15(27-13(2)25)17-16(14)18(22-12-21-17)23-7-9-24(10-8-23)19(26)28-20(3,4)5/h6,12,14-15H,1,7-11H2,2-5H3/t14-,15?/m1/s1. The molecule has 2 heterocycles. The topological polar surface area (TPSA) is 84.9 Å². The quantitative estimate of drug-likeness (QED) is 0.581. The first kappa shape index (κ1) is 20.1. The van der Waals surface area contributed by atoms with Gasteiger partial charge in [-0.15, -0.1) is 6.58 Å². The number of carbonyl (C=O) groups is 2. The number of piperazine rings is 1. The van der Waals surface area contributed by atoms with Gasteiger partial charge in [0.05, 0.1) is 5.69 Å². The van der Waals surface area contributed by atoms with Gasteiger partial charge in [0.25, 0.3) is 0 Å². The van der Waals surface area contributed by atoms with Crippen molar-refractivity contribution in [1.29, 1.82) is 0 Å². The van der Waals surface area contributed by atoms with Crippen LogP contribution in [0.4, 0.5) is 10.6 Å². The molecular weight excluding hydrogens is 360 g/mol. The number of esters is 1. The fourth-order valence-electron chi connectivity index (χ4n) is 3.67. The van der Waals surface area contributed by atoms with Crippen molar-refractivity contribution >= 4 is 17.9 Å². The summed E-state index contributed by atoms with van der Waals surface area (Å²) in [6.45, 7) is 13.3. The molecule has 1 amide bonds. The van der Waals surface area contributed by atoms with Gasteiger partial charge in [0, 0.05) is 51.0 Å². The number of rotatable bonds is 3. The Bertz CT molecular complexity index is 766. The van der Waals surface area contributed by atoms with Crippen LogP contribution < -0.4 is 4.90 Å². The second-order valence-electron chi connectivity index (χ2n) is 8.13. The number of hydrogen-bond acceptors (Lipinski definition) is 7. The van der Waals surface area contributed by atoms with Crippen LogP contribution in [0.1, 0.15) is 57.4 Å². The van der Waals surface area contributed by atoms with Gasteiger partial charge in [-0.1, -0.05) is 6.08 Å². The molecule has 1 aliphatic carbocycles. The number of aromatic nitrogens is 2. The molecule has 1 unspecified atom stereocenters. The average Bonchev–Trinajstić information content (AvgIpc) is 2.98. The molecule has 2 atom stereocenters. The van der Waals surface area contributed by atoms with E-state index in [4.69, 9.17) is 9.47 Å². The summed E-state index contributed by atoms with van der Waals surface area (Å²) in [6, 6.07) is 0. The minimum Gasteiger partial charge on any atom is -0.456 e. The lowest BCUT2D eigenvalue weighted by Gasteiger charge is -2.37. The summed E-state index contributed by atoms with van der Waals surface area (Å²) in [5.74, 6) is 0.527. The van der Waals surface area contributed by atoms with E-state index in [9.17, 15) is 9.59 Å². The molecule has 8 nitrogen and oxygen atoms in total. The zero-order valence-electron chi connectivity index (χ0n) is 17.0. The maximum absolute atomic E-state index is 12.3. The van der Waals surface area contributed by atoms with Crippen molar-refractivity contribution in [3.05, 3.63) is 30.2 Å². The highest BCUT2D eigenvalue weighted by Crippen LogP contribution is 2.45. The molecular formula is C20H28N4O4. The molecule has 0 saturated carbocycles. The highest BCUT2D eigenvalue weighted by atomic mass is 16.6. The summed E-state index contributed by atoms with van der Waals surface area (Å²) in [6.07, 6.45) is 3.32. The summed E-state index contributed by atoms with van der Waals surface area (Å²) in [4.78, 5) is 36.5. The van der Waals surface area contributed by atoms with Crippen LogP contribution in [0.2, 0.25) is 0 Å². The van der Waals surface area contributed by atoms with Crippen molar-refractivity contribution in [3.63, 3.8) is 0 Å². The van der Waals surface area contributed by atoms with E-state index in [-0.39, 0.29) is 24.1 Å². The number of ether oxygens (including phenoxy) is 2. The molecule has 1 aliphatic heterocycles. The summed E-state index contributed by atoms with van der Waals surface area (Å²) >= 11 is 0. The van der Waals surface area contributed by atoms with Crippen molar-refractivity contribution in [3.8, 4) is 0 Å². The van der Waals surface area contributed by atoms with Crippen molar-refractivity contribution < 1.29 is 19.1 Å². The Morgan fingerprint density at radius 2 is 1.89 bits per heavy atom. The molecule has 28 heavy (non-hydrogen) atoms. The van der Waals surface area contributed by atoms with Gasteiger partial charge in [0.1, 0.15) is 23.9 Å². The Kier molecular flexibility index (Phi) is 5.58. The minimum atomic E-state index is -0.509. The van der Waals surface area contributed by atoms with E-state index < -0.39 is 5.60 Å². The molecule has 3 rings (SSSR count). The van der Waals surface area contributed by atoms with Crippen LogP contribution in [-0.2, 0) is 14.3 Å². The van der Waals surface area contributed by atoms with Gasteiger partial charge in [0.2, 0.25) is 0 Å². The highest BCUT2D eigenvalue weighted by molar-refractivity contribution is 5.69. The third-order valence-corrected chi connectivity index (χ3v) is 4.86. The van der Waals surface area contributed by atoms with E-state index in [1.54, 1.807) is 4.90 Å². The third-order valence-electron chi connectivity index (χ3n) is 4.86. The number of hydrogen-bond donors (Lipinski definition) is 0. The Labute approximate surface area is 165 Å². The first-order valence-electron chi connectivity index (χ1n) is 9.57. The molecule has 0 radical (unpaired) electrons. The van der Waals surface area contributed by atoms with Crippen LogP contribution in [0.25, 0.3) is 0 Å². The van der Waals surface area contributed by atoms with Crippen LogP contribution in [-0.4, -0.2) is 58.7 Å². The Hall–Kier alpha value is -2.64. The Morgan fingerprint density at radius 1 is 1.21 bits per heavy atom. The second kappa shape index (κ2) is 7.77. The van der Waals surface area contributed by atoms with Crippen LogP contribution in [0.15, 0.2) is 19.0 Å². The maximum atomic E-state index is 12.3. The molecule has 1 fully saturated rings.